The van der Waals surface area contributed by atoms with E-state index < -0.39 is 0 Å². The van der Waals surface area contributed by atoms with Crippen LogP contribution < -0.4 is 5.32 Å². The number of halogens is 1. The fourth-order valence-electron chi connectivity index (χ4n) is 3.15. The van der Waals surface area contributed by atoms with Crippen LogP contribution in [-0.4, -0.2) is 34.5 Å². The third-order valence-corrected chi connectivity index (χ3v) is 5.01. The summed E-state index contributed by atoms with van der Waals surface area (Å²) in [5.41, 5.74) is 4.52. The van der Waals surface area contributed by atoms with Crippen molar-refractivity contribution in [2.24, 2.45) is 7.05 Å². The Hall–Kier alpha value is -4.04. The summed E-state index contributed by atoms with van der Waals surface area (Å²) in [6, 6.07) is 13.5. The van der Waals surface area contributed by atoms with Gasteiger partial charge in [0.15, 0.2) is 5.82 Å². The van der Waals surface area contributed by atoms with Gasteiger partial charge in [-0.3, -0.25) is 9.67 Å². The van der Waals surface area contributed by atoms with Gasteiger partial charge in [0.25, 0.3) is 0 Å². The lowest BCUT2D eigenvalue weighted by atomic mass is 10.1. The van der Waals surface area contributed by atoms with Gasteiger partial charge in [0, 0.05) is 54.2 Å². The van der Waals surface area contributed by atoms with Crippen molar-refractivity contribution in [2.75, 3.05) is 5.32 Å². The highest BCUT2D eigenvalue weighted by atomic mass is 35.5. The first-order valence-electron chi connectivity index (χ1n) is 9.50. The molecule has 0 bridgehead atoms. The van der Waals surface area contributed by atoms with E-state index in [2.05, 4.69) is 30.5 Å². The number of anilines is 2. The van der Waals surface area contributed by atoms with E-state index in [-0.39, 0.29) is 0 Å². The zero-order valence-electron chi connectivity index (χ0n) is 16.5. The van der Waals surface area contributed by atoms with Crippen LogP contribution in [0.1, 0.15) is 0 Å². The number of hydrogen-bond donors (Lipinski definition) is 1. The molecule has 5 aromatic rings. The number of aromatic nitrogens is 7. The molecule has 0 radical (unpaired) electrons. The lowest BCUT2D eigenvalue weighted by Gasteiger charge is -2.09. The van der Waals surface area contributed by atoms with Crippen LogP contribution in [0.3, 0.4) is 0 Å². The Morgan fingerprint density at radius 1 is 0.935 bits per heavy atom. The summed E-state index contributed by atoms with van der Waals surface area (Å²) in [5.74, 6) is 1.34. The average Bonchev–Trinajstić information content (AvgIpc) is 3.46. The minimum Gasteiger partial charge on any atom is -0.340 e. The first-order valence-corrected chi connectivity index (χ1v) is 9.87. The van der Waals surface area contributed by atoms with Crippen LogP contribution in [0.2, 0.25) is 5.02 Å². The molecule has 9 heteroatoms. The highest BCUT2D eigenvalue weighted by Crippen LogP contribution is 2.30. The van der Waals surface area contributed by atoms with Crippen LogP contribution >= 0.6 is 11.6 Å². The van der Waals surface area contributed by atoms with Crippen LogP contribution in [0, 0.1) is 0 Å². The van der Waals surface area contributed by atoms with Gasteiger partial charge < -0.3 is 5.32 Å². The molecular weight excluding hydrogens is 412 g/mol. The quantitative estimate of drug-likeness (QED) is 0.443. The van der Waals surface area contributed by atoms with Gasteiger partial charge in [0.05, 0.1) is 16.9 Å². The zero-order chi connectivity index (χ0) is 21.2. The fraction of sp³-hybridized carbons (Fsp3) is 0.0455. The number of nitrogens with one attached hydrogen (secondary N) is 1. The van der Waals surface area contributed by atoms with Crippen molar-refractivity contribution >= 4 is 23.1 Å². The maximum absolute atomic E-state index is 6.33. The van der Waals surface area contributed by atoms with Gasteiger partial charge in [-0.2, -0.15) is 5.10 Å². The van der Waals surface area contributed by atoms with Crippen molar-refractivity contribution in [1.29, 1.82) is 0 Å². The number of pyridine rings is 2. The van der Waals surface area contributed by atoms with E-state index in [0.717, 1.165) is 28.1 Å². The van der Waals surface area contributed by atoms with Crippen LogP contribution in [0.25, 0.3) is 28.2 Å². The van der Waals surface area contributed by atoms with Gasteiger partial charge >= 0.3 is 0 Å². The molecule has 152 valence electrons. The van der Waals surface area contributed by atoms with E-state index in [0.29, 0.717) is 16.7 Å². The molecule has 4 aromatic heterocycles. The van der Waals surface area contributed by atoms with Crippen LogP contribution in [0.15, 0.2) is 79.8 Å². The monoisotopic (exact) mass is 428 g/mol. The first-order chi connectivity index (χ1) is 15.2. The van der Waals surface area contributed by atoms with Crippen LogP contribution in [0.4, 0.5) is 11.5 Å². The second-order valence-corrected chi connectivity index (χ2v) is 7.28. The SMILES string of the molecule is Cn1cc(-c2cc(Nc3ccc(-n4cnc(-c5ccncc5)n4)cc3)ncc2Cl)cn1. The van der Waals surface area contributed by atoms with Gasteiger partial charge in [0.2, 0.25) is 0 Å². The molecule has 8 nitrogen and oxygen atoms in total. The molecule has 0 aliphatic rings. The third kappa shape index (κ3) is 4.01. The summed E-state index contributed by atoms with van der Waals surface area (Å²) in [4.78, 5) is 12.8. The lowest BCUT2D eigenvalue weighted by molar-refractivity contribution is 0.768. The molecule has 4 heterocycles. The number of rotatable bonds is 5. The molecule has 0 unspecified atom stereocenters. The molecule has 1 aromatic carbocycles. The predicted molar refractivity (Wildman–Crippen MR) is 119 cm³/mol. The maximum atomic E-state index is 6.33. The maximum Gasteiger partial charge on any atom is 0.181 e. The Balaban J connectivity index is 1.35. The van der Waals surface area contributed by atoms with Gasteiger partial charge in [-0.15, -0.1) is 5.10 Å². The first kappa shape index (κ1) is 19.0. The van der Waals surface area contributed by atoms with Gasteiger partial charge in [-0.1, -0.05) is 11.6 Å². The number of aryl methyl sites for hydroxylation is 1. The van der Waals surface area contributed by atoms with Crippen molar-refractivity contribution in [3.05, 3.63) is 84.8 Å². The van der Waals surface area contributed by atoms with Gasteiger partial charge in [0.1, 0.15) is 12.1 Å². The number of benzene rings is 1. The second kappa shape index (κ2) is 8.00. The molecular formula is C22H17ClN8. The third-order valence-electron chi connectivity index (χ3n) is 4.71. The Bertz CT molecular complexity index is 1330. The predicted octanol–water partition coefficient (Wildman–Crippen LogP) is 4.52. The molecule has 0 aliphatic carbocycles. The molecule has 1 N–H and O–H groups in total. The normalized spacial score (nSPS) is 10.9. The molecule has 5 rings (SSSR count). The highest BCUT2D eigenvalue weighted by Gasteiger charge is 2.09. The molecule has 0 aliphatic heterocycles. The van der Waals surface area contributed by atoms with Crippen molar-refractivity contribution in [3.8, 4) is 28.2 Å². The summed E-state index contributed by atoms with van der Waals surface area (Å²) >= 11 is 6.33. The van der Waals surface area contributed by atoms with Crippen molar-refractivity contribution in [3.63, 3.8) is 0 Å². The van der Waals surface area contributed by atoms with E-state index in [1.165, 1.54) is 0 Å². The van der Waals surface area contributed by atoms with Gasteiger partial charge in [-0.05, 0) is 42.5 Å². The molecule has 0 fully saturated rings. The topological polar surface area (TPSA) is 86.3 Å². The van der Waals surface area contributed by atoms with Crippen LogP contribution in [0.5, 0.6) is 0 Å². The fourth-order valence-corrected chi connectivity index (χ4v) is 3.37. The van der Waals surface area contributed by atoms with Crippen molar-refractivity contribution in [2.45, 2.75) is 0 Å². The Morgan fingerprint density at radius 3 is 2.48 bits per heavy atom. The molecule has 0 saturated carbocycles. The zero-order valence-corrected chi connectivity index (χ0v) is 17.3. The standard InChI is InChI=1S/C22H17ClN8/c1-30-13-16(11-27-30)19-10-21(25-12-20(19)23)28-17-2-4-18(5-3-17)31-14-26-22(29-31)15-6-8-24-9-7-15/h2-14H,1H3,(H,25,28). The molecule has 31 heavy (non-hydrogen) atoms. The van der Waals surface area contributed by atoms with E-state index in [4.69, 9.17) is 11.6 Å². The number of nitrogens with zero attached hydrogens (tertiary/aromatic N) is 7. The second-order valence-electron chi connectivity index (χ2n) is 6.87. The summed E-state index contributed by atoms with van der Waals surface area (Å²) < 4.78 is 3.47. The molecule has 0 saturated heterocycles. The molecule has 0 amide bonds. The van der Waals surface area contributed by atoms with Crippen LogP contribution in [-0.2, 0) is 7.05 Å². The highest BCUT2D eigenvalue weighted by molar-refractivity contribution is 6.33. The average molecular weight is 429 g/mol. The Morgan fingerprint density at radius 2 is 1.74 bits per heavy atom. The summed E-state index contributed by atoms with van der Waals surface area (Å²) in [5, 5.41) is 12.6. The lowest BCUT2D eigenvalue weighted by Crippen LogP contribution is -1.97. The van der Waals surface area contributed by atoms with Crippen molar-refractivity contribution < 1.29 is 0 Å². The van der Waals surface area contributed by atoms with E-state index >= 15 is 0 Å². The Labute approximate surface area is 183 Å². The van der Waals surface area contributed by atoms with E-state index in [1.807, 2.05) is 55.7 Å². The molecule has 0 atom stereocenters. The summed E-state index contributed by atoms with van der Waals surface area (Å²) in [6.07, 6.45) is 10.5. The van der Waals surface area contributed by atoms with Gasteiger partial charge in [-0.25, -0.2) is 14.6 Å². The minimum atomic E-state index is 0.574. The van der Waals surface area contributed by atoms with Crippen molar-refractivity contribution in [1.82, 2.24) is 34.5 Å². The summed E-state index contributed by atoms with van der Waals surface area (Å²) in [6.45, 7) is 0. The molecule has 0 spiro atoms. The largest absolute Gasteiger partial charge is 0.340 e. The summed E-state index contributed by atoms with van der Waals surface area (Å²) in [7, 11) is 1.87. The smallest absolute Gasteiger partial charge is 0.181 e. The number of hydrogen-bond acceptors (Lipinski definition) is 6. The minimum absolute atomic E-state index is 0.574. The van der Waals surface area contributed by atoms with E-state index in [1.54, 1.807) is 40.5 Å². The van der Waals surface area contributed by atoms with E-state index in [9.17, 15) is 0 Å². The Kier molecular flexibility index (Phi) is 4.89.